The average Bonchev–Trinajstić information content (AvgIpc) is 2.89. The smallest absolute Gasteiger partial charge is 0.276 e. The molecule has 3 rings (SSSR count). The lowest BCUT2D eigenvalue weighted by Gasteiger charge is -2.21. The number of carbonyl (C=O) groups excluding carboxylic acids is 1. The van der Waals surface area contributed by atoms with Crippen LogP contribution in [0, 0.1) is 6.92 Å². The van der Waals surface area contributed by atoms with Crippen LogP contribution in [0.15, 0.2) is 39.8 Å². The van der Waals surface area contributed by atoms with Gasteiger partial charge in [-0.05, 0) is 31.0 Å². The molecule has 2 heterocycles. The summed E-state index contributed by atoms with van der Waals surface area (Å²) in [4.78, 5) is 16.9. The van der Waals surface area contributed by atoms with Gasteiger partial charge in [0.05, 0.1) is 4.90 Å². The maximum Gasteiger partial charge on any atom is 0.276 e. The van der Waals surface area contributed by atoms with Gasteiger partial charge in [0.15, 0.2) is 15.5 Å². The molecular formula is C18H23N3O4S. The zero-order valence-electron chi connectivity index (χ0n) is 15.0. The van der Waals surface area contributed by atoms with E-state index in [4.69, 9.17) is 4.52 Å². The van der Waals surface area contributed by atoms with E-state index in [-0.39, 0.29) is 5.91 Å². The summed E-state index contributed by atoms with van der Waals surface area (Å²) >= 11 is 0. The fraction of sp³-hybridized carbons (Fsp3) is 0.444. The highest BCUT2D eigenvalue weighted by molar-refractivity contribution is 7.90. The third-order valence-electron chi connectivity index (χ3n) is 4.48. The average molecular weight is 377 g/mol. The van der Waals surface area contributed by atoms with E-state index in [1.54, 1.807) is 25.1 Å². The summed E-state index contributed by atoms with van der Waals surface area (Å²) in [7, 11) is -3.17. The van der Waals surface area contributed by atoms with Gasteiger partial charge in [0.25, 0.3) is 5.91 Å². The molecule has 8 heteroatoms. The van der Waals surface area contributed by atoms with Crippen molar-refractivity contribution in [3.63, 3.8) is 0 Å². The Kier molecular flexibility index (Phi) is 5.43. The largest absolute Gasteiger partial charge is 0.361 e. The van der Waals surface area contributed by atoms with Crippen LogP contribution >= 0.6 is 0 Å². The van der Waals surface area contributed by atoms with Crippen molar-refractivity contribution < 1.29 is 17.7 Å². The number of hydrogen-bond donors (Lipinski definition) is 0. The summed E-state index contributed by atoms with van der Waals surface area (Å²) in [5.41, 5.74) is 1.41. The second-order valence-electron chi connectivity index (χ2n) is 6.66. The van der Waals surface area contributed by atoms with Crippen LogP contribution in [0.2, 0.25) is 0 Å². The lowest BCUT2D eigenvalue weighted by molar-refractivity contribution is 0.0750. The molecule has 1 saturated heterocycles. The first-order valence-corrected chi connectivity index (χ1v) is 10.5. The molecule has 1 aliphatic heterocycles. The Morgan fingerprint density at radius 3 is 2.50 bits per heavy atom. The Morgan fingerprint density at radius 1 is 1.15 bits per heavy atom. The molecule has 1 aliphatic rings. The first-order valence-electron chi connectivity index (χ1n) is 8.57. The molecular weight excluding hydrogens is 354 g/mol. The molecule has 0 aliphatic carbocycles. The monoisotopic (exact) mass is 377 g/mol. The Hall–Kier alpha value is -2.19. The molecule has 0 radical (unpaired) electrons. The van der Waals surface area contributed by atoms with Gasteiger partial charge in [-0.25, -0.2) is 8.42 Å². The zero-order valence-corrected chi connectivity index (χ0v) is 15.8. The van der Waals surface area contributed by atoms with Crippen LogP contribution < -0.4 is 0 Å². The Morgan fingerprint density at radius 2 is 1.88 bits per heavy atom. The zero-order chi connectivity index (χ0) is 18.7. The van der Waals surface area contributed by atoms with Gasteiger partial charge >= 0.3 is 0 Å². The fourth-order valence-corrected chi connectivity index (χ4v) is 3.69. The van der Waals surface area contributed by atoms with Gasteiger partial charge < -0.3 is 9.42 Å². The summed E-state index contributed by atoms with van der Waals surface area (Å²) in [6.45, 7) is 5.46. The third kappa shape index (κ3) is 4.50. The van der Waals surface area contributed by atoms with Crippen molar-refractivity contribution in [2.45, 2.75) is 24.8 Å². The quantitative estimate of drug-likeness (QED) is 0.807. The van der Waals surface area contributed by atoms with Crippen LogP contribution in [0.4, 0.5) is 0 Å². The molecule has 1 amide bonds. The van der Waals surface area contributed by atoms with Crippen LogP contribution in [0.25, 0.3) is 0 Å². The van der Waals surface area contributed by atoms with Crippen molar-refractivity contribution in [3.8, 4) is 0 Å². The number of nitrogens with zero attached hydrogens (tertiary/aromatic N) is 3. The number of sulfone groups is 1. The van der Waals surface area contributed by atoms with E-state index in [0.29, 0.717) is 29.4 Å². The first kappa shape index (κ1) is 18.6. The molecule has 1 aromatic heterocycles. The van der Waals surface area contributed by atoms with Gasteiger partial charge in [0.1, 0.15) is 5.76 Å². The summed E-state index contributed by atoms with van der Waals surface area (Å²) in [6, 6.07) is 8.65. The molecule has 0 N–H and O–H groups in total. The SMILES string of the molecule is Cc1cc(C(=O)N2CCCN(Cc3ccc(S(C)(=O)=O)cc3)CC2)no1. The summed E-state index contributed by atoms with van der Waals surface area (Å²) in [6.07, 6.45) is 2.09. The van der Waals surface area contributed by atoms with Crippen molar-refractivity contribution in [1.82, 2.24) is 15.0 Å². The summed E-state index contributed by atoms with van der Waals surface area (Å²) in [5, 5.41) is 3.81. The van der Waals surface area contributed by atoms with E-state index in [2.05, 4.69) is 10.1 Å². The van der Waals surface area contributed by atoms with E-state index in [1.807, 2.05) is 17.0 Å². The molecule has 0 spiro atoms. The van der Waals surface area contributed by atoms with Gasteiger partial charge in [0, 0.05) is 45.0 Å². The molecule has 140 valence electrons. The molecule has 26 heavy (non-hydrogen) atoms. The van der Waals surface area contributed by atoms with Gasteiger partial charge in [0.2, 0.25) is 0 Å². The van der Waals surface area contributed by atoms with Gasteiger partial charge in [-0.15, -0.1) is 0 Å². The van der Waals surface area contributed by atoms with Crippen LogP contribution in [-0.2, 0) is 16.4 Å². The number of aryl methyl sites for hydroxylation is 1. The van der Waals surface area contributed by atoms with Crippen molar-refractivity contribution in [3.05, 3.63) is 47.3 Å². The summed E-state index contributed by atoms with van der Waals surface area (Å²) in [5.74, 6) is 0.531. The maximum absolute atomic E-state index is 12.5. The number of aromatic nitrogens is 1. The van der Waals surface area contributed by atoms with E-state index < -0.39 is 9.84 Å². The Balaban J connectivity index is 1.59. The Labute approximate surface area is 153 Å². The van der Waals surface area contributed by atoms with Crippen LogP contribution in [-0.4, -0.2) is 61.7 Å². The molecule has 0 bridgehead atoms. The number of rotatable bonds is 4. The number of amides is 1. The van der Waals surface area contributed by atoms with Gasteiger partial charge in [-0.1, -0.05) is 17.3 Å². The minimum absolute atomic E-state index is 0.0961. The Bertz CT molecular complexity index is 874. The topological polar surface area (TPSA) is 83.7 Å². The molecule has 0 atom stereocenters. The molecule has 1 fully saturated rings. The predicted octanol–water partition coefficient (Wildman–Crippen LogP) is 1.73. The fourth-order valence-electron chi connectivity index (χ4n) is 3.06. The lowest BCUT2D eigenvalue weighted by Crippen LogP contribution is -2.35. The maximum atomic E-state index is 12.5. The van der Waals surface area contributed by atoms with E-state index in [0.717, 1.165) is 31.6 Å². The molecule has 7 nitrogen and oxygen atoms in total. The van der Waals surface area contributed by atoms with E-state index in [9.17, 15) is 13.2 Å². The third-order valence-corrected chi connectivity index (χ3v) is 5.61. The molecule has 2 aromatic rings. The molecule has 0 unspecified atom stereocenters. The van der Waals surface area contributed by atoms with Crippen molar-refractivity contribution in [2.75, 3.05) is 32.4 Å². The summed E-state index contributed by atoms with van der Waals surface area (Å²) < 4.78 is 28.1. The van der Waals surface area contributed by atoms with E-state index >= 15 is 0 Å². The van der Waals surface area contributed by atoms with Crippen molar-refractivity contribution in [2.24, 2.45) is 0 Å². The normalized spacial score (nSPS) is 16.5. The van der Waals surface area contributed by atoms with Crippen molar-refractivity contribution in [1.29, 1.82) is 0 Å². The highest BCUT2D eigenvalue weighted by Crippen LogP contribution is 2.14. The first-order chi connectivity index (χ1) is 12.3. The number of carbonyl (C=O) groups is 1. The van der Waals surface area contributed by atoms with Gasteiger partial charge in [-0.3, -0.25) is 9.69 Å². The second kappa shape index (κ2) is 7.59. The predicted molar refractivity (Wildman–Crippen MR) is 96.6 cm³/mol. The highest BCUT2D eigenvalue weighted by Gasteiger charge is 2.22. The second-order valence-corrected chi connectivity index (χ2v) is 8.68. The minimum atomic E-state index is -3.17. The molecule has 1 aromatic carbocycles. The van der Waals surface area contributed by atoms with Crippen LogP contribution in [0.3, 0.4) is 0 Å². The lowest BCUT2D eigenvalue weighted by atomic mass is 10.2. The molecule has 0 saturated carbocycles. The van der Waals surface area contributed by atoms with Crippen LogP contribution in [0.5, 0.6) is 0 Å². The number of benzene rings is 1. The van der Waals surface area contributed by atoms with E-state index in [1.165, 1.54) is 6.26 Å². The highest BCUT2D eigenvalue weighted by atomic mass is 32.2. The standard InChI is InChI=1S/C18H23N3O4S/c1-14-12-17(19-25-14)18(22)21-9-3-8-20(10-11-21)13-15-4-6-16(7-5-15)26(2,23)24/h4-7,12H,3,8-11,13H2,1-2H3. The number of hydrogen-bond acceptors (Lipinski definition) is 6. The van der Waals surface area contributed by atoms with Gasteiger partial charge in [-0.2, -0.15) is 0 Å². The van der Waals surface area contributed by atoms with Crippen molar-refractivity contribution >= 4 is 15.7 Å². The van der Waals surface area contributed by atoms with Crippen LogP contribution in [0.1, 0.15) is 28.2 Å². The minimum Gasteiger partial charge on any atom is -0.361 e.